The Morgan fingerprint density at radius 3 is 2.43 bits per heavy atom. The second kappa shape index (κ2) is 3.80. The highest BCUT2D eigenvalue weighted by Gasteiger charge is 1.79. The minimum atomic E-state index is 1.07. The van der Waals surface area contributed by atoms with Crippen molar-refractivity contribution in [1.29, 1.82) is 0 Å². The minimum Gasteiger partial charge on any atom is -0.251 e. The van der Waals surface area contributed by atoms with Crippen molar-refractivity contribution in [3.05, 3.63) is 10.4 Å². The minimum absolute atomic E-state index is 1.07. The number of nitrogens with zero attached hydrogens (tertiary/aromatic N) is 4. The van der Waals surface area contributed by atoms with E-state index >= 15 is 0 Å². The molecule has 0 heterocycles. The summed E-state index contributed by atoms with van der Waals surface area (Å²) in [5, 5.41) is 0. The Balaban J connectivity index is 3.13. The molecule has 0 aromatic carbocycles. The maximum absolute atomic E-state index is 7.73. The molecule has 0 aliphatic carbocycles. The van der Waals surface area contributed by atoms with Crippen LogP contribution in [0, 0.1) is 0 Å². The zero-order chi connectivity index (χ0) is 5.70. The molecule has 0 amide bonds. The van der Waals surface area contributed by atoms with E-state index in [1.165, 1.54) is 0 Å². The fraction of sp³-hybridized carbons (Fsp3) is 1.00. The summed E-state index contributed by atoms with van der Waals surface area (Å²) >= 11 is 1.07. The zero-order valence-corrected chi connectivity index (χ0v) is 5.01. The molecule has 4 nitrogen and oxygen atoms in total. The molecule has 0 rings (SSSR count). The standard InChI is InChI=1S/C2H6N4S/c1-6(2)7-5-4-3/h1-2H3. The summed E-state index contributed by atoms with van der Waals surface area (Å²) in [4.78, 5) is 2.52. The van der Waals surface area contributed by atoms with E-state index < -0.39 is 0 Å². The van der Waals surface area contributed by atoms with Gasteiger partial charge >= 0.3 is 0 Å². The van der Waals surface area contributed by atoms with Gasteiger partial charge in [-0.25, -0.2) is 0 Å². The molecule has 5 heteroatoms. The summed E-state index contributed by atoms with van der Waals surface area (Å²) in [6.45, 7) is 0. The van der Waals surface area contributed by atoms with Gasteiger partial charge in [-0.15, -0.1) is 0 Å². The van der Waals surface area contributed by atoms with Crippen LogP contribution in [0.5, 0.6) is 0 Å². The molecule has 0 N–H and O–H groups in total. The average Bonchev–Trinajstić information content (AvgIpc) is 1.61. The third kappa shape index (κ3) is 5.62. The first-order valence-electron chi connectivity index (χ1n) is 1.66. The first-order chi connectivity index (χ1) is 3.27. The van der Waals surface area contributed by atoms with Gasteiger partial charge in [-0.2, -0.15) is 0 Å². The van der Waals surface area contributed by atoms with Gasteiger partial charge in [0.2, 0.25) is 0 Å². The summed E-state index contributed by atoms with van der Waals surface area (Å²) in [7, 11) is 3.61. The molecule has 0 aliphatic rings. The van der Waals surface area contributed by atoms with Crippen molar-refractivity contribution in [3.8, 4) is 0 Å². The van der Waals surface area contributed by atoms with Crippen LogP contribution in [0.4, 0.5) is 0 Å². The lowest BCUT2D eigenvalue weighted by Gasteiger charge is -1.98. The highest BCUT2D eigenvalue weighted by molar-refractivity contribution is 7.95. The van der Waals surface area contributed by atoms with Crippen LogP contribution in [0.25, 0.3) is 10.4 Å². The summed E-state index contributed by atoms with van der Waals surface area (Å²) in [5.74, 6) is 0. The zero-order valence-electron chi connectivity index (χ0n) is 4.20. The molecule has 0 saturated carbocycles. The van der Waals surface area contributed by atoms with Gasteiger partial charge in [-0.3, -0.25) is 4.31 Å². The topological polar surface area (TPSA) is 52.0 Å². The van der Waals surface area contributed by atoms with Gasteiger partial charge in [0.1, 0.15) is 0 Å². The number of azide groups is 1. The normalized spacial score (nSPS) is 8.43. The van der Waals surface area contributed by atoms with Gasteiger partial charge in [-0.1, -0.05) is 0 Å². The molecule has 0 atom stereocenters. The average molecular weight is 118 g/mol. The molecule has 0 aromatic rings. The highest BCUT2D eigenvalue weighted by Crippen LogP contribution is 2.02. The fourth-order valence-corrected chi connectivity index (χ4v) is 0.268. The third-order valence-electron chi connectivity index (χ3n) is 0.236. The second-order valence-electron chi connectivity index (χ2n) is 1.07. The number of hydrogen-bond donors (Lipinski definition) is 0. The lowest BCUT2D eigenvalue weighted by atomic mass is 11.3. The maximum Gasteiger partial charge on any atom is 0.0181 e. The van der Waals surface area contributed by atoms with Crippen LogP contribution in [0.3, 0.4) is 0 Å². The van der Waals surface area contributed by atoms with E-state index in [1.807, 2.05) is 0 Å². The van der Waals surface area contributed by atoms with Crippen molar-refractivity contribution in [1.82, 2.24) is 4.31 Å². The highest BCUT2D eigenvalue weighted by atomic mass is 32.2. The Morgan fingerprint density at radius 1 is 1.71 bits per heavy atom. The van der Waals surface area contributed by atoms with E-state index in [2.05, 4.69) is 9.43 Å². The van der Waals surface area contributed by atoms with E-state index in [4.69, 9.17) is 5.53 Å². The van der Waals surface area contributed by atoms with Crippen molar-refractivity contribution in [3.63, 3.8) is 0 Å². The van der Waals surface area contributed by atoms with Crippen molar-refractivity contribution in [2.45, 2.75) is 0 Å². The molecule has 0 spiro atoms. The second-order valence-corrected chi connectivity index (χ2v) is 2.12. The molecule has 0 aliphatic heterocycles. The lowest BCUT2D eigenvalue weighted by molar-refractivity contribution is 0.703. The molecule has 7 heavy (non-hydrogen) atoms. The van der Waals surface area contributed by atoms with Crippen molar-refractivity contribution < 1.29 is 0 Å². The lowest BCUT2D eigenvalue weighted by Crippen LogP contribution is -1.95. The van der Waals surface area contributed by atoms with Crippen molar-refractivity contribution in [2.24, 2.45) is 4.52 Å². The Hall–Kier alpha value is -0.380. The molecule has 0 bridgehead atoms. The predicted molar refractivity (Wildman–Crippen MR) is 30.4 cm³/mol. The first-order valence-corrected chi connectivity index (χ1v) is 2.39. The molecular formula is C2H6N4S. The summed E-state index contributed by atoms with van der Waals surface area (Å²) in [6.07, 6.45) is 0. The summed E-state index contributed by atoms with van der Waals surface area (Å²) in [5.41, 5.74) is 7.73. The first kappa shape index (κ1) is 6.62. The summed E-state index contributed by atoms with van der Waals surface area (Å²) in [6, 6.07) is 0. The smallest absolute Gasteiger partial charge is 0.0181 e. The molecule has 0 radical (unpaired) electrons. The molecule has 0 saturated heterocycles. The molecule has 0 fully saturated rings. The molecular weight excluding hydrogens is 112 g/mol. The van der Waals surface area contributed by atoms with E-state index in [9.17, 15) is 0 Å². The Kier molecular flexibility index (Phi) is 3.59. The monoisotopic (exact) mass is 118 g/mol. The molecule has 0 unspecified atom stereocenters. The van der Waals surface area contributed by atoms with E-state index in [-0.39, 0.29) is 0 Å². The molecule has 0 aromatic heterocycles. The quantitative estimate of drug-likeness (QED) is 0.238. The van der Waals surface area contributed by atoms with E-state index in [0.717, 1.165) is 12.1 Å². The summed E-state index contributed by atoms with van der Waals surface area (Å²) < 4.78 is 4.90. The Bertz CT molecular complexity index is 83.7. The van der Waals surface area contributed by atoms with Crippen molar-refractivity contribution in [2.75, 3.05) is 14.1 Å². The van der Waals surface area contributed by atoms with Crippen LogP contribution in [-0.4, -0.2) is 18.4 Å². The van der Waals surface area contributed by atoms with Gasteiger partial charge in [0.15, 0.2) is 0 Å². The predicted octanol–water partition coefficient (Wildman–Crippen LogP) is 1.42. The Labute approximate surface area is 46.4 Å². The van der Waals surface area contributed by atoms with Crippen LogP contribution in [-0.2, 0) is 0 Å². The van der Waals surface area contributed by atoms with Crippen LogP contribution >= 0.6 is 12.1 Å². The van der Waals surface area contributed by atoms with Gasteiger partial charge in [0, 0.05) is 17.0 Å². The van der Waals surface area contributed by atoms with Crippen molar-refractivity contribution >= 4 is 12.1 Å². The van der Waals surface area contributed by atoms with E-state index in [1.54, 1.807) is 18.4 Å². The van der Waals surface area contributed by atoms with Gasteiger partial charge in [-0.05, 0) is 24.1 Å². The number of rotatable bonds is 2. The van der Waals surface area contributed by atoms with Crippen LogP contribution in [0.1, 0.15) is 0 Å². The van der Waals surface area contributed by atoms with Gasteiger partial charge in [0.05, 0.1) is 0 Å². The number of hydrogen-bond acceptors (Lipinski definition) is 3. The fourth-order valence-electron chi connectivity index (χ4n) is 0.0894. The van der Waals surface area contributed by atoms with Crippen LogP contribution in [0.2, 0.25) is 0 Å². The van der Waals surface area contributed by atoms with Crippen LogP contribution < -0.4 is 0 Å². The SMILES string of the molecule is CN(C)SN=[N+]=[N-]. The van der Waals surface area contributed by atoms with Gasteiger partial charge in [0.25, 0.3) is 0 Å². The molecule has 40 valence electrons. The van der Waals surface area contributed by atoms with Crippen LogP contribution in [0.15, 0.2) is 4.52 Å². The largest absolute Gasteiger partial charge is 0.251 e. The maximum atomic E-state index is 7.73. The van der Waals surface area contributed by atoms with E-state index in [0.29, 0.717) is 0 Å². The van der Waals surface area contributed by atoms with Gasteiger partial charge < -0.3 is 0 Å². The Morgan fingerprint density at radius 2 is 2.29 bits per heavy atom. The third-order valence-corrected chi connectivity index (χ3v) is 0.709.